The predicted octanol–water partition coefficient (Wildman–Crippen LogP) is 3.44. The molecule has 130 valence electrons. The second kappa shape index (κ2) is 7.21. The van der Waals surface area contributed by atoms with Crippen LogP contribution in [-0.2, 0) is 11.3 Å². The third kappa shape index (κ3) is 3.20. The van der Waals surface area contributed by atoms with Crippen LogP contribution in [0.25, 0.3) is 11.4 Å². The lowest BCUT2D eigenvalue weighted by atomic mass is 9.85. The van der Waals surface area contributed by atoms with E-state index >= 15 is 0 Å². The van der Waals surface area contributed by atoms with Gasteiger partial charge < -0.3 is 9.63 Å². The molecular formula is C16H20ClN3O3S. The van der Waals surface area contributed by atoms with E-state index in [-0.39, 0.29) is 12.4 Å². The SMILES string of the molecule is Cl.O=C(O)C1CC2CCCCC2N1Cc1nc(-c2ccsc2)no1. The molecule has 1 aliphatic heterocycles. The zero-order valence-electron chi connectivity index (χ0n) is 13.1. The molecule has 1 aliphatic carbocycles. The van der Waals surface area contributed by atoms with Gasteiger partial charge in [-0.25, -0.2) is 0 Å². The molecule has 2 aromatic heterocycles. The van der Waals surface area contributed by atoms with Crippen LogP contribution in [0, 0.1) is 5.92 Å². The van der Waals surface area contributed by atoms with Crippen molar-refractivity contribution in [3.8, 4) is 11.4 Å². The number of nitrogens with zero attached hydrogens (tertiary/aromatic N) is 3. The summed E-state index contributed by atoms with van der Waals surface area (Å²) in [7, 11) is 0. The lowest BCUT2D eigenvalue weighted by molar-refractivity contribution is -0.143. The molecule has 24 heavy (non-hydrogen) atoms. The molecule has 0 bridgehead atoms. The molecule has 4 rings (SSSR count). The van der Waals surface area contributed by atoms with Crippen molar-refractivity contribution in [2.75, 3.05) is 0 Å². The van der Waals surface area contributed by atoms with Crippen molar-refractivity contribution >= 4 is 29.7 Å². The molecule has 3 heterocycles. The van der Waals surface area contributed by atoms with Gasteiger partial charge in [0.1, 0.15) is 6.04 Å². The van der Waals surface area contributed by atoms with Gasteiger partial charge in [-0.05, 0) is 36.6 Å². The summed E-state index contributed by atoms with van der Waals surface area (Å²) in [6.45, 7) is 0.426. The van der Waals surface area contributed by atoms with Crippen molar-refractivity contribution in [2.45, 2.75) is 50.7 Å². The molecule has 2 aromatic rings. The van der Waals surface area contributed by atoms with Crippen molar-refractivity contribution in [2.24, 2.45) is 5.92 Å². The molecular weight excluding hydrogens is 350 g/mol. The Balaban J connectivity index is 0.00000169. The van der Waals surface area contributed by atoms with Crippen LogP contribution in [0.4, 0.5) is 0 Å². The van der Waals surface area contributed by atoms with Gasteiger partial charge in [0, 0.05) is 17.0 Å². The van der Waals surface area contributed by atoms with E-state index in [9.17, 15) is 9.90 Å². The summed E-state index contributed by atoms with van der Waals surface area (Å²) in [5, 5.41) is 17.5. The first-order valence-corrected chi connectivity index (χ1v) is 9.00. The highest BCUT2D eigenvalue weighted by atomic mass is 35.5. The number of aromatic nitrogens is 2. The molecule has 3 unspecified atom stereocenters. The standard InChI is InChI=1S/C16H19N3O3S.ClH/c20-16(21)13-7-10-3-1-2-4-12(10)19(13)8-14-17-15(18-22-14)11-5-6-23-9-11;/h5-6,9-10,12-13H,1-4,7-8H2,(H,20,21);1H. The monoisotopic (exact) mass is 369 g/mol. The quantitative estimate of drug-likeness (QED) is 0.889. The topological polar surface area (TPSA) is 79.5 Å². The summed E-state index contributed by atoms with van der Waals surface area (Å²) in [6.07, 6.45) is 5.33. The minimum absolute atomic E-state index is 0. The number of fused-ring (bicyclic) bond motifs is 1. The Morgan fingerprint density at radius 1 is 1.42 bits per heavy atom. The Hall–Kier alpha value is -1.44. The number of carboxylic acid groups (broad SMARTS) is 1. The fourth-order valence-electron chi connectivity index (χ4n) is 4.01. The highest BCUT2D eigenvalue weighted by Crippen LogP contribution is 2.40. The number of thiophene rings is 1. The largest absolute Gasteiger partial charge is 0.480 e. The van der Waals surface area contributed by atoms with E-state index < -0.39 is 12.0 Å². The summed E-state index contributed by atoms with van der Waals surface area (Å²) in [5.41, 5.74) is 0.941. The molecule has 2 fully saturated rings. The van der Waals surface area contributed by atoms with Gasteiger partial charge in [-0.15, -0.1) is 12.4 Å². The highest BCUT2D eigenvalue weighted by Gasteiger charge is 2.45. The van der Waals surface area contributed by atoms with Crippen LogP contribution in [0.2, 0.25) is 0 Å². The molecule has 2 aliphatic rings. The number of rotatable bonds is 4. The summed E-state index contributed by atoms with van der Waals surface area (Å²) < 4.78 is 5.37. The molecule has 8 heteroatoms. The van der Waals surface area contributed by atoms with Gasteiger partial charge in [0.05, 0.1) is 6.54 Å². The normalized spacial score (nSPS) is 26.8. The summed E-state index contributed by atoms with van der Waals surface area (Å²) in [5.74, 6) is 0.831. The first kappa shape index (κ1) is 17.4. The Kier molecular flexibility index (Phi) is 5.22. The molecule has 3 atom stereocenters. The fourth-order valence-corrected chi connectivity index (χ4v) is 4.64. The maximum Gasteiger partial charge on any atom is 0.320 e. The van der Waals surface area contributed by atoms with E-state index in [0.717, 1.165) is 24.8 Å². The summed E-state index contributed by atoms with van der Waals surface area (Å²) in [4.78, 5) is 18.1. The molecule has 0 amide bonds. The van der Waals surface area contributed by atoms with E-state index in [4.69, 9.17) is 4.52 Å². The van der Waals surface area contributed by atoms with Crippen LogP contribution in [0.5, 0.6) is 0 Å². The number of carbonyl (C=O) groups is 1. The smallest absolute Gasteiger partial charge is 0.320 e. The molecule has 6 nitrogen and oxygen atoms in total. The first-order chi connectivity index (χ1) is 11.2. The Labute approximate surface area is 150 Å². The van der Waals surface area contributed by atoms with Crippen molar-refractivity contribution < 1.29 is 14.4 Å². The Bertz CT molecular complexity index is 691. The van der Waals surface area contributed by atoms with Crippen molar-refractivity contribution in [3.63, 3.8) is 0 Å². The molecule has 0 spiro atoms. The average molecular weight is 370 g/mol. The summed E-state index contributed by atoms with van der Waals surface area (Å²) >= 11 is 1.59. The summed E-state index contributed by atoms with van der Waals surface area (Å²) in [6, 6.07) is 1.85. The van der Waals surface area contributed by atoms with E-state index in [1.807, 2.05) is 16.8 Å². The zero-order valence-corrected chi connectivity index (χ0v) is 14.8. The van der Waals surface area contributed by atoms with Crippen LogP contribution in [0.15, 0.2) is 21.3 Å². The second-order valence-corrected chi connectivity index (χ2v) is 7.18. The van der Waals surface area contributed by atoms with Crippen LogP contribution >= 0.6 is 23.7 Å². The molecule has 0 radical (unpaired) electrons. The third-order valence-electron chi connectivity index (χ3n) is 5.07. The number of likely N-dealkylation sites (tertiary alicyclic amines) is 1. The number of halogens is 1. The molecule has 1 saturated carbocycles. The lowest BCUT2D eigenvalue weighted by Gasteiger charge is -2.31. The van der Waals surface area contributed by atoms with Crippen LogP contribution in [0.1, 0.15) is 38.0 Å². The minimum Gasteiger partial charge on any atom is -0.480 e. The van der Waals surface area contributed by atoms with E-state index in [2.05, 4.69) is 15.0 Å². The van der Waals surface area contributed by atoms with Crippen LogP contribution in [0.3, 0.4) is 0 Å². The zero-order chi connectivity index (χ0) is 15.8. The second-order valence-electron chi connectivity index (χ2n) is 6.40. The number of carboxylic acids is 1. The average Bonchev–Trinajstić information content (AvgIpc) is 3.26. The number of hydrogen-bond acceptors (Lipinski definition) is 6. The van der Waals surface area contributed by atoms with Crippen LogP contribution in [-0.4, -0.2) is 38.2 Å². The maximum absolute atomic E-state index is 11.6. The highest BCUT2D eigenvalue weighted by molar-refractivity contribution is 7.08. The molecule has 1 saturated heterocycles. The van der Waals surface area contributed by atoms with Crippen molar-refractivity contribution in [1.82, 2.24) is 15.0 Å². The van der Waals surface area contributed by atoms with Gasteiger partial charge in [-0.3, -0.25) is 9.69 Å². The van der Waals surface area contributed by atoms with Crippen molar-refractivity contribution in [1.29, 1.82) is 0 Å². The Morgan fingerprint density at radius 3 is 3.00 bits per heavy atom. The predicted molar refractivity (Wildman–Crippen MR) is 92.2 cm³/mol. The number of hydrogen-bond donors (Lipinski definition) is 1. The van der Waals surface area contributed by atoms with Gasteiger partial charge in [-0.2, -0.15) is 16.3 Å². The third-order valence-corrected chi connectivity index (χ3v) is 5.75. The van der Waals surface area contributed by atoms with E-state index in [1.165, 1.54) is 12.8 Å². The number of aliphatic carboxylic acids is 1. The maximum atomic E-state index is 11.6. The van der Waals surface area contributed by atoms with Gasteiger partial charge in [0.15, 0.2) is 0 Å². The van der Waals surface area contributed by atoms with Crippen LogP contribution < -0.4 is 0 Å². The Morgan fingerprint density at radius 2 is 2.25 bits per heavy atom. The van der Waals surface area contributed by atoms with Crippen molar-refractivity contribution in [3.05, 3.63) is 22.7 Å². The van der Waals surface area contributed by atoms with E-state index in [1.54, 1.807) is 11.3 Å². The molecule has 1 N–H and O–H groups in total. The van der Waals surface area contributed by atoms with E-state index in [0.29, 0.717) is 30.2 Å². The minimum atomic E-state index is -0.739. The molecule has 0 aromatic carbocycles. The van der Waals surface area contributed by atoms with Gasteiger partial charge >= 0.3 is 5.97 Å². The van der Waals surface area contributed by atoms with Gasteiger partial charge in [-0.1, -0.05) is 18.0 Å². The first-order valence-electron chi connectivity index (χ1n) is 8.06. The fraction of sp³-hybridized carbons (Fsp3) is 0.562. The lowest BCUT2D eigenvalue weighted by Crippen LogP contribution is -2.41. The van der Waals surface area contributed by atoms with Gasteiger partial charge in [0.2, 0.25) is 11.7 Å². The van der Waals surface area contributed by atoms with Gasteiger partial charge in [0.25, 0.3) is 0 Å².